The summed E-state index contributed by atoms with van der Waals surface area (Å²) in [6, 6.07) is 6.75. The van der Waals surface area contributed by atoms with Crippen LogP contribution < -0.4 is 11.4 Å². The minimum atomic E-state index is -0.467. The van der Waals surface area contributed by atoms with Gasteiger partial charge in [-0.2, -0.15) is 0 Å². The number of benzene rings is 1. The summed E-state index contributed by atoms with van der Waals surface area (Å²) in [5.41, 5.74) is 7.24. The lowest BCUT2D eigenvalue weighted by Crippen LogP contribution is -2.15. The Morgan fingerprint density at radius 1 is 1.17 bits per heavy atom. The van der Waals surface area contributed by atoms with E-state index in [1.54, 1.807) is 28.8 Å². The number of imidazole rings is 1. The lowest BCUT2D eigenvalue weighted by molar-refractivity contribution is 0.100. The van der Waals surface area contributed by atoms with Gasteiger partial charge in [-0.05, 0) is 43.0 Å². The van der Waals surface area contributed by atoms with Crippen molar-refractivity contribution in [2.45, 2.75) is 44.9 Å². The van der Waals surface area contributed by atoms with Crippen molar-refractivity contribution in [3.63, 3.8) is 0 Å². The monoisotopic (exact) mass is 313 g/mol. The van der Waals surface area contributed by atoms with Crippen molar-refractivity contribution < 1.29 is 4.79 Å². The van der Waals surface area contributed by atoms with Gasteiger partial charge in [-0.15, -0.1) is 0 Å². The number of H-pyrrole nitrogens is 1. The smallest absolute Gasteiger partial charge is 0.330 e. The van der Waals surface area contributed by atoms with Gasteiger partial charge in [0.2, 0.25) is 5.91 Å². The number of nitrogens with one attached hydrogen (secondary N) is 1. The SMILES string of the molecule is NC(=O)c1ccc(-n2cc(CCC3CCCCC3)[nH]c2=O)cc1. The van der Waals surface area contributed by atoms with Crippen LogP contribution >= 0.6 is 0 Å². The molecule has 122 valence electrons. The van der Waals surface area contributed by atoms with Gasteiger partial charge >= 0.3 is 5.69 Å². The van der Waals surface area contributed by atoms with Gasteiger partial charge in [0, 0.05) is 17.5 Å². The van der Waals surface area contributed by atoms with Crippen LogP contribution in [0.1, 0.15) is 54.6 Å². The van der Waals surface area contributed by atoms with E-state index in [0.717, 1.165) is 30.1 Å². The second kappa shape index (κ2) is 6.86. The Morgan fingerprint density at radius 2 is 1.87 bits per heavy atom. The van der Waals surface area contributed by atoms with Crippen molar-refractivity contribution in [2.75, 3.05) is 0 Å². The summed E-state index contributed by atoms with van der Waals surface area (Å²) >= 11 is 0. The first-order chi connectivity index (χ1) is 11.1. The van der Waals surface area contributed by atoms with Crippen LogP contribution in [0.4, 0.5) is 0 Å². The Morgan fingerprint density at radius 3 is 2.52 bits per heavy atom. The molecule has 1 aliphatic carbocycles. The standard InChI is InChI=1S/C18H23N3O2/c19-17(22)14-7-10-16(11-8-14)21-12-15(20-18(21)23)9-6-13-4-2-1-3-5-13/h7-8,10-13H,1-6,9H2,(H2,19,22)(H,20,23). The molecule has 1 aliphatic rings. The predicted octanol–water partition coefficient (Wildman–Crippen LogP) is 2.78. The maximum atomic E-state index is 12.1. The Labute approximate surface area is 135 Å². The summed E-state index contributed by atoms with van der Waals surface area (Å²) in [7, 11) is 0. The first kappa shape index (κ1) is 15.6. The highest BCUT2D eigenvalue weighted by Gasteiger charge is 2.14. The molecule has 0 saturated heterocycles. The molecule has 5 nitrogen and oxygen atoms in total. The van der Waals surface area contributed by atoms with E-state index in [-0.39, 0.29) is 5.69 Å². The average Bonchev–Trinajstić information content (AvgIpc) is 2.95. The highest BCUT2D eigenvalue weighted by Crippen LogP contribution is 2.27. The third kappa shape index (κ3) is 3.73. The van der Waals surface area contributed by atoms with Gasteiger partial charge in [0.15, 0.2) is 0 Å². The summed E-state index contributed by atoms with van der Waals surface area (Å²) in [6.45, 7) is 0. The van der Waals surface area contributed by atoms with Crippen LogP contribution in [0, 0.1) is 5.92 Å². The fourth-order valence-electron chi connectivity index (χ4n) is 3.38. The molecule has 3 rings (SSSR count). The van der Waals surface area contributed by atoms with Gasteiger partial charge < -0.3 is 10.7 Å². The van der Waals surface area contributed by atoms with E-state index in [1.807, 2.05) is 6.20 Å². The number of carbonyl (C=O) groups excluding carboxylic acids is 1. The number of carbonyl (C=O) groups is 1. The fraction of sp³-hybridized carbons (Fsp3) is 0.444. The van der Waals surface area contributed by atoms with Crippen molar-refractivity contribution in [1.29, 1.82) is 0 Å². The first-order valence-corrected chi connectivity index (χ1v) is 8.34. The summed E-state index contributed by atoms with van der Waals surface area (Å²) in [6.07, 6.45) is 10.6. The number of aromatic amines is 1. The maximum Gasteiger partial charge on any atom is 0.330 e. The molecule has 3 N–H and O–H groups in total. The van der Waals surface area contributed by atoms with E-state index in [1.165, 1.54) is 32.1 Å². The van der Waals surface area contributed by atoms with Gasteiger partial charge in [-0.1, -0.05) is 32.1 Å². The summed E-state index contributed by atoms with van der Waals surface area (Å²) in [4.78, 5) is 26.2. The van der Waals surface area contributed by atoms with Crippen molar-refractivity contribution in [3.8, 4) is 5.69 Å². The number of nitrogens with two attached hydrogens (primary N) is 1. The molecule has 0 spiro atoms. The zero-order valence-electron chi connectivity index (χ0n) is 13.3. The van der Waals surface area contributed by atoms with Gasteiger partial charge in [-0.25, -0.2) is 4.79 Å². The van der Waals surface area contributed by atoms with Crippen LogP contribution in [-0.2, 0) is 6.42 Å². The van der Waals surface area contributed by atoms with Crippen LogP contribution in [0.15, 0.2) is 35.3 Å². The van der Waals surface area contributed by atoms with Gasteiger partial charge in [0.1, 0.15) is 0 Å². The van der Waals surface area contributed by atoms with Crippen LogP contribution in [0.25, 0.3) is 5.69 Å². The largest absolute Gasteiger partial charge is 0.366 e. The van der Waals surface area contributed by atoms with Gasteiger partial charge in [0.05, 0.1) is 5.69 Å². The Hall–Kier alpha value is -2.30. The number of nitrogens with zero attached hydrogens (tertiary/aromatic N) is 1. The number of hydrogen-bond donors (Lipinski definition) is 2. The van der Waals surface area contributed by atoms with Crippen molar-refractivity contribution in [3.05, 3.63) is 52.2 Å². The molecule has 1 aromatic carbocycles. The van der Waals surface area contributed by atoms with Crippen molar-refractivity contribution >= 4 is 5.91 Å². The third-order valence-electron chi connectivity index (χ3n) is 4.75. The molecular weight excluding hydrogens is 290 g/mol. The molecule has 1 amide bonds. The van der Waals surface area contributed by atoms with Gasteiger partial charge in [0.25, 0.3) is 0 Å². The number of hydrogen-bond acceptors (Lipinski definition) is 2. The molecule has 0 atom stereocenters. The number of primary amides is 1. The van der Waals surface area contributed by atoms with E-state index in [9.17, 15) is 9.59 Å². The van der Waals surface area contributed by atoms with Crippen LogP contribution in [0.2, 0.25) is 0 Å². The molecule has 1 aromatic heterocycles. The normalized spacial score (nSPS) is 15.7. The summed E-state index contributed by atoms with van der Waals surface area (Å²) < 4.78 is 1.58. The second-order valence-electron chi connectivity index (χ2n) is 6.41. The number of aryl methyl sites for hydroxylation is 1. The van der Waals surface area contributed by atoms with Crippen LogP contribution in [0.3, 0.4) is 0 Å². The number of aromatic nitrogens is 2. The fourth-order valence-corrected chi connectivity index (χ4v) is 3.38. The molecule has 23 heavy (non-hydrogen) atoms. The number of amides is 1. The average molecular weight is 313 g/mol. The summed E-state index contributed by atoms with van der Waals surface area (Å²) in [5, 5.41) is 0. The molecule has 0 bridgehead atoms. The van der Waals surface area contributed by atoms with Crippen molar-refractivity contribution in [2.24, 2.45) is 11.7 Å². The Kier molecular flexibility index (Phi) is 4.65. The van der Waals surface area contributed by atoms with E-state index in [2.05, 4.69) is 4.98 Å². The highest BCUT2D eigenvalue weighted by atomic mass is 16.1. The molecular formula is C18H23N3O2. The molecule has 2 aromatic rings. The Balaban J connectivity index is 1.70. The minimum Gasteiger partial charge on any atom is -0.366 e. The molecule has 1 saturated carbocycles. The maximum absolute atomic E-state index is 12.1. The van der Waals surface area contributed by atoms with E-state index in [0.29, 0.717) is 5.56 Å². The lowest BCUT2D eigenvalue weighted by Gasteiger charge is -2.20. The number of rotatable bonds is 5. The van der Waals surface area contributed by atoms with E-state index >= 15 is 0 Å². The zero-order chi connectivity index (χ0) is 16.2. The second-order valence-corrected chi connectivity index (χ2v) is 6.41. The van der Waals surface area contributed by atoms with Crippen LogP contribution in [-0.4, -0.2) is 15.5 Å². The first-order valence-electron chi connectivity index (χ1n) is 8.34. The van der Waals surface area contributed by atoms with E-state index in [4.69, 9.17) is 5.73 Å². The Bertz CT molecular complexity index is 721. The van der Waals surface area contributed by atoms with E-state index < -0.39 is 5.91 Å². The topological polar surface area (TPSA) is 80.9 Å². The minimum absolute atomic E-state index is 0.143. The van der Waals surface area contributed by atoms with Gasteiger partial charge in [-0.3, -0.25) is 9.36 Å². The zero-order valence-corrected chi connectivity index (χ0v) is 13.3. The quantitative estimate of drug-likeness (QED) is 0.890. The molecule has 1 fully saturated rings. The lowest BCUT2D eigenvalue weighted by atomic mass is 9.86. The third-order valence-corrected chi connectivity index (χ3v) is 4.75. The molecule has 0 aliphatic heterocycles. The summed E-state index contributed by atoms with van der Waals surface area (Å²) in [5.74, 6) is 0.330. The molecule has 1 heterocycles. The molecule has 5 heteroatoms. The predicted molar refractivity (Wildman–Crippen MR) is 89.8 cm³/mol. The molecule has 0 radical (unpaired) electrons. The van der Waals surface area contributed by atoms with Crippen LogP contribution in [0.5, 0.6) is 0 Å². The van der Waals surface area contributed by atoms with Crippen molar-refractivity contribution in [1.82, 2.24) is 9.55 Å². The molecule has 0 unspecified atom stereocenters. The highest BCUT2D eigenvalue weighted by molar-refractivity contribution is 5.92.